The molecule has 1 heterocycles. The largest absolute Gasteiger partial charge is 0.447 e. The van der Waals surface area contributed by atoms with Crippen molar-refractivity contribution in [1.29, 1.82) is 0 Å². The summed E-state index contributed by atoms with van der Waals surface area (Å²) in [5.41, 5.74) is -0.519. The van der Waals surface area contributed by atoms with Crippen LogP contribution in [0.4, 0.5) is 14.9 Å². The average molecular weight is 226 g/mol. The van der Waals surface area contributed by atoms with E-state index in [-0.39, 0.29) is 17.9 Å². The van der Waals surface area contributed by atoms with Crippen molar-refractivity contribution in [2.45, 2.75) is 6.04 Å². The molecule has 0 aromatic heterocycles. The van der Waals surface area contributed by atoms with Crippen molar-refractivity contribution < 1.29 is 18.8 Å². The number of carbonyl (C=O) groups is 1. The zero-order valence-electron chi connectivity index (χ0n) is 7.97. The monoisotopic (exact) mass is 226 g/mol. The summed E-state index contributed by atoms with van der Waals surface area (Å²) in [5, 5.41) is 13.0. The highest BCUT2D eigenvalue weighted by atomic mass is 19.1. The van der Waals surface area contributed by atoms with Gasteiger partial charge in [0.25, 0.3) is 5.69 Å². The molecule has 1 saturated heterocycles. The van der Waals surface area contributed by atoms with Crippen LogP contribution in [-0.4, -0.2) is 17.6 Å². The molecule has 0 bridgehead atoms. The Morgan fingerprint density at radius 1 is 1.56 bits per heavy atom. The van der Waals surface area contributed by atoms with Crippen molar-refractivity contribution in [2.75, 3.05) is 6.61 Å². The number of ether oxygens (including phenoxy) is 1. The lowest BCUT2D eigenvalue weighted by molar-refractivity contribution is -0.386. The van der Waals surface area contributed by atoms with Gasteiger partial charge in [0.15, 0.2) is 0 Å². The molecule has 1 amide bonds. The van der Waals surface area contributed by atoms with E-state index < -0.39 is 22.9 Å². The van der Waals surface area contributed by atoms with E-state index in [0.29, 0.717) is 0 Å². The summed E-state index contributed by atoms with van der Waals surface area (Å²) in [7, 11) is 0. The number of rotatable bonds is 2. The lowest BCUT2D eigenvalue weighted by atomic mass is 10.1. The lowest BCUT2D eigenvalue weighted by Gasteiger charge is -2.08. The van der Waals surface area contributed by atoms with Crippen LogP contribution < -0.4 is 5.32 Å². The molecule has 0 aliphatic carbocycles. The molecule has 0 saturated carbocycles. The Morgan fingerprint density at radius 2 is 2.31 bits per heavy atom. The van der Waals surface area contributed by atoms with Crippen molar-refractivity contribution in [3.05, 3.63) is 39.7 Å². The maximum absolute atomic E-state index is 13.5. The van der Waals surface area contributed by atoms with Gasteiger partial charge in [0.2, 0.25) is 0 Å². The van der Waals surface area contributed by atoms with Gasteiger partial charge in [-0.3, -0.25) is 10.1 Å². The van der Waals surface area contributed by atoms with E-state index in [2.05, 4.69) is 10.1 Å². The summed E-state index contributed by atoms with van der Waals surface area (Å²) < 4.78 is 18.0. The number of amides is 1. The van der Waals surface area contributed by atoms with E-state index in [9.17, 15) is 19.3 Å². The zero-order valence-corrected chi connectivity index (χ0v) is 7.97. The molecule has 84 valence electrons. The molecule has 16 heavy (non-hydrogen) atoms. The third-order valence-corrected chi connectivity index (χ3v) is 2.25. The van der Waals surface area contributed by atoms with E-state index >= 15 is 0 Å². The Kier molecular flexibility index (Phi) is 2.43. The molecule has 7 heteroatoms. The van der Waals surface area contributed by atoms with Crippen LogP contribution in [0.3, 0.4) is 0 Å². The van der Waals surface area contributed by atoms with Crippen molar-refractivity contribution in [3.8, 4) is 0 Å². The molecule has 1 aromatic rings. The van der Waals surface area contributed by atoms with Gasteiger partial charge in [-0.25, -0.2) is 9.18 Å². The highest BCUT2D eigenvalue weighted by molar-refractivity contribution is 5.70. The van der Waals surface area contributed by atoms with Crippen LogP contribution in [0, 0.1) is 15.9 Å². The Bertz CT molecular complexity index is 463. The third kappa shape index (κ3) is 1.67. The first-order chi connectivity index (χ1) is 7.59. The summed E-state index contributed by atoms with van der Waals surface area (Å²) in [6.45, 7) is -0.111. The lowest BCUT2D eigenvalue weighted by Crippen LogP contribution is -2.20. The molecular weight excluding hydrogens is 219 g/mol. The van der Waals surface area contributed by atoms with Crippen LogP contribution in [-0.2, 0) is 4.74 Å². The smallest absolute Gasteiger partial charge is 0.407 e. The predicted octanol–water partition coefficient (Wildman–Crippen LogP) is 1.51. The van der Waals surface area contributed by atoms with E-state index in [0.717, 1.165) is 6.07 Å². The molecule has 6 nitrogen and oxygen atoms in total. The Balaban J connectivity index is 2.46. The second-order valence-corrected chi connectivity index (χ2v) is 3.23. The molecule has 0 radical (unpaired) electrons. The maximum Gasteiger partial charge on any atom is 0.407 e. The standard InChI is InChI=1S/C9H7FN2O4/c10-5-2-1-3-7(12(14)15)8(5)6-4-16-9(13)11-6/h1-3,6H,4H2,(H,11,13). The topological polar surface area (TPSA) is 81.5 Å². The molecule has 1 atom stereocenters. The second kappa shape index (κ2) is 3.76. The van der Waals surface area contributed by atoms with E-state index in [1.165, 1.54) is 12.1 Å². The Labute approximate surface area is 89.2 Å². The molecule has 1 fully saturated rings. The number of hydrogen-bond donors (Lipinski definition) is 1. The van der Waals surface area contributed by atoms with Gasteiger partial charge in [-0.1, -0.05) is 6.07 Å². The quantitative estimate of drug-likeness (QED) is 0.612. The number of nitrogens with one attached hydrogen (secondary N) is 1. The van der Waals surface area contributed by atoms with Gasteiger partial charge in [0.1, 0.15) is 18.5 Å². The van der Waals surface area contributed by atoms with Crippen LogP contribution >= 0.6 is 0 Å². The number of nitro groups is 1. The number of nitrogens with zero attached hydrogens (tertiary/aromatic N) is 1. The first-order valence-corrected chi connectivity index (χ1v) is 4.45. The summed E-state index contributed by atoms with van der Waals surface area (Å²) in [5.74, 6) is -0.731. The van der Waals surface area contributed by atoms with E-state index in [1.54, 1.807) is 0 Å². The normalized spacial score (nSPS) is 19.1. The van der Waals surface area contributed by atoms with Gasteiger partial charge in [-0.15, -0.1) is 0 Å². The highest BCUT2D eigenvalue weighted by Crippen LogP contribution is 2.29. The molecular formula is C9H7FN2O4. The number of cyclic esters (lactones) is 1. The first-order valence-electron chi connectivity index (χ1n) is 4.45. The molecule has 2 rings (SSSR count). The molecule has 1 unspecified atom stereocenters. The van der Waals surface area contributed by atoms with E-state index in [1.807, 2.05) is 0 Å². The second-order valence-electron chi connectivity index (χ2n) is 3.23. The summed E-state index contributed by atoms with van der Waals surface area (Å²) >= 11 is 0. The van der Waals surface area contributed by atoms with Gasteiger partial charge in [0.05, 0.1) is 10.5 Å². The highest BCUT2D eigenvalue weighted by Gasteiger charge is 2.32. The van der Waals surface area contributed by atoms with E-state index in [4.69, 9.17) is 0 Å². The minimum Gasteiger partial charge on any atom is -0.447 e. The summed E-state index contributed by atoms with van der Waals surface area (Å²) in [4.78, 5) is 20.8. The Morgan fingerprint density at radius 3 is 2.88 bits per heavy atom. The van der Waals surface area contributed by atoms with Crippen LogP contribution in [0.15, 0.2) is 18.2 Å². The van der Waals surface area contributed by atoms with Crippen molar-refractivity contribution in [3.63, 3.8) is 0 Å². The fourth-order valence-electron chi connectivity index (χ4n) is 1.57. The minimum absolute atomic E-state index is 0.111. The number of benzene rings is 1. The van der Waals surface area contributed by atoms with Crippen LogP contribution in [0.2, 0.25) is 0 Å². The van der Waals surface area contributed by atoms with Crippen molar-refractivity contribution in [2.24, 2.45) is 0 Å². The van der Waals surface area contributed by atoms with Crippen molar-refractivity contribution >= 4 is 11.8 Å². The Hall–Kier alpha value is -2.18. The minimum atomic E-state index is -0.811. The molecule has 1 aliphatic rings. The molecule has 1 aromatic carbocycles. The molecule has 0 spiro atoms. The van der Waals surface area contributed by atoms with Crippen LogP contribution in [0.5, 0.6) is 0 Å². The SMILES string of the molecule is O=C1NC(c2c(F)cccc2[N+](=O)[O-])CO1. The summed E-state index contributed by atoms with van der Waals surface area (Å²) in [6, 6.07) is 2.72. The van der Waals surface area contributed by atoms with Gasteiger partial charge in [0, 0.05) is 6.07 Å². The van der Waals surface area contributed by atoms with Crippen LogP contribution in [0.25, 0.3) is 0 Å². The fraction of sp³-hybridized carbons (Fsp3) is 0.222. The summed E-state index contributed by atoms with van der Waals surface area (Å²) in [6.07, 6.45) is -0.706. The molecule has 1 aliphatic heterocycles. The van der Waals surface area contributed by atoms with Gasteiger partial charge < -0.3 is 10.1 Å². The molecule has 1 N–H and O–H groups in total. The maximum atomic E-state index is 13.5. The number of carbonyl (C=O) groups excluding carboxylic acids is 1. The first kappa shape index (κ1) is 10.3. The zero-order chi connectivity index (χ0) is 11.7. The number of alkyl carbamates (subject to hydrolysis) is 1. The third-order valence-electron chi connectivity index (χ3n) is 2.25. The van der Waals surface area contributed by atoms with Gasteiger partial charge >= 0.3 is 6.09 Å². The van der Waals surface area contributed by atoms with Gasteiger partial charge in [-0.05, 0) is 6.07 Å². The number of nitro benzene ring substituents is 1. The fourth-order valence-corrected chi connectivity index (χ4v) is 1.57. The van der Waals surface area contributed by atoms with Crippen molar-refractivity contribution in [1.82, 2.24) is 5.32 Å². The van der Waals surface area contributed by atoms with Crippen LogP contribution in [0.1, 0.15) is 11.6 Å². The van der Waals surface area contributed by atoms with Gasteiger partial charge in [-0.2, -0.15) is 0 Å². The number of halogens is 1. The predicted molar refractivity (Wildman–Crippen MR) is 50.3 cm³/mol. The number of hydrogen-bond acceptors (Lipinski definition) is 4. The average Bonchev–Trinajstić information content (AvgIpc) is 2.64.